The molecule has 2 aliphatic heterocycles. The van der Waals surface area contributed by atoms with Crippen LogP contribution in [-0.2, 0) is 4.79 Å². The maximum atomic E-state index is 11.3. The first kappa shape index (κ1) is 21.6. The van der Waals surface area contributed by atoms with Gasteiger partial charge >= 0.3 is 0 Å². The van der Waals surface area contributed by atoms with Crippen LogP contribution in [0.2, 0.25) is 0 Å². The minimum absolute atomic E-state index is 0.0821. The Hall–Kier alpha value is -2.08. The average molecular weight is 400 g/mol. The summed E-state index contributed by atoms with van der Waals surface area (Å²) in [5.74, 6) is 1.61. The Bertz CT molecular complexity index is 654. The average Bonchev–Trinajstić information content (AvgIpc) is 3.24. The van der Waals surface area contributed by atoms with Gasteiger partial charge in [-0.1, -0.05) is 30.3 Å². The van der Waals surface area contributed by atoms with Crippen molar-refractivity contribution in [2.45, 2.75) is 44.9 Å². The molecular weight excluding hydrogens is 362 g/mol. The van der Waals surface area contributed by atoms with Gasteiger partial charge in [0.25, 0.3) is 0 Å². The lowest BCUT2D eigenvalue weighted by molar-refractivity contribution is -0.123. The minimum atomic E-state index is -0.133. The number of guanidine groups is 1. The van der Waals surface area contributed by atoms with Gasteiger partial charge in [0.05, 0.1) is 0 Å². The van der Waals surface area contributed by atoms with E-state index in [4.69, 9.17) is 10.7 Å². The van der Waals surface area contributed by atoms with Crippen LogP contribution in [0.5, 0.6) is 0 Å². The molecular formula is C23H37N5O. The molecule has 0 aromatic heterocycles. The van der Waals surface area contributed by atoms with E-state index in [2.05, 4.69) is 52.4 Å². The van der Waals surface area contributed by atoms with Gasteiger partial charge in [0.2, 0.25) is 5.91 Å². The summed E-state index contributed by atoms with van der Waals surface area (Å²) in [6.07, 6.45) is 5.26. The van der Waals surface area contributed by atoms with Crippen molar-refractivity contribution < 1.29 is 4.79 Å². The number of benzene rings is 1. The Kier molecular flexibility index (Phi) is 8.35. The van der Waals surface area contributed by atoms with Gasteiger partial charge in [-0.2, -0.15) is 0 Å². The van der Waals surface area contributed by atoms with Crippen LogP contribution in [0, 0.1) is 5.92 Å². The Morgan fingerprint density at radius 3 is 2.59 bits per heavy atom. The van der Waals surface area contributed by atoms with Crippen LogP contribution in [0.15, 0.2) is 35.3 Å². The van der Waals surface area contributed by atoms with Gasteiger partial charge in [0.15, 0.2) is 5.96 Å². The summed E-state index contributed by atoms with van der Waals surface area (Å²) in [5.41, 5.74) is 6.85. The van der Waals surface area contributed by atoms with Crippen molar-refractivity contribution in [3.05, 3.63) is 35.9 Å². The van der Waals surface area contributed by atoms with E-state index in [1.54, 1.807) is 0 Å². The molecule has 3 N–H and O–H groups in total. The predicted octanol–water partition coefficient (Wildman–Crippen LogP) is 2.42. The molecule has 0 bridgehead atoms. The number of nitrogens with two attached hydrogens (primary N) is 1. The van der Waals surface area contributed by atoms with E-state index >= 15 is 0 Å². The largest absolute Gasteiger partial charge is 0.369 e. The van der Waals surface area contributed by atoms with Gasteiger partial charge in [-0.3, -0.25) is 9.79 Å². The highest BCUT2D eigenvalue weighted by atomic mass is 16.1. The first-order valence-electron chi connectivity index (χ1n) is 11.3. The van der Waals surface area contributed by atoms with E-state index < -0.39 is 0 Å². The summed E-state index contributed by atoms with van der Waals surface area (Å²) in [6.45, 7) is 9.10. The fourth-order valence-corrected chi connectivity index (χ4v) is 4.45. The highest BCUT2D eigenvalue weighted by molar-refractivity contribution is 5.80. The lowest BCUT2D eigenvalue weighted by Gasteiger charge is -2.30. The fourth-order valence-electron chi connectivity index (χ4n) is 4.45. The number of hydrogen-bond acceptors (Lipinski definition) is 3. The first-order valence-corrected chi connectivity index (χ1v) is 11.3. The summed E-state index contributed by atoms with van der Waals surface area (Å²) in [6, 6.07) is 10.8. The molecule has 29 heavy (non-hydrogen) atoms. The van der Waals surface area contributed by atoms with Crippen LogP contribution in [0.1, 0.15) is 50.5 Å². The molecule has 1 amide bonds. The first-order chi connectivity index (χ1) is 14.2. The number of likely N-dealkylation sites (tertiary alicyclic amines) is 2. The van der Waals surface area contributed by atoms with Crippen LogP contribution in [0.25, 0.3) is 0 Å². The third-order valence-corrected chi connectivity index (χ3v) is 6.23. The Morgan fingerprint density at radius 1 is 1.14 bits per heavy atom. The summed E-state index contributed by atoms with van der Waals surface area (Å²) >= 11 is 0. The predicted molar refractivity (Wildman–Crippen MR) is 119 cm³/mol. The van der Waals surface area contributed by atoms with Gasteiger partial charge in [0, 0.05) is 38.0 Å². The van der Waals surface area contributed by atoms with Gasteiger partial charge in [-0.25, -0.2) is 0 Å². The van der Waals surface area contributed by atoms with Crippen molar-refractivity contribution in [3.8, 4) is 0 Å². The van der Waals surface area contributed by atoms with Crippen LogP contribution in [0.3, 0.4) is 0 Å². The number of rotatable bonds is 8. The summed E-state index contributed by atoms with van der Waals surface area (Å²) < 4.78 is 0. The molecule has 0 spiro atoms. The number of nitrogens with zero attached hydrogens (tertiary/aromatic N) is 3. The maximum Gasteiger partial charge on any atom is 0.220 e. The van der Waals surface area contributed by atoms with Crippen molar-refractivity contribution in [2.75, 3.05) is 45.8 Å². The monoisotopic (exact) mass is 399 g/mol. The molecule has 2 aliphatic rings. The molecule has 2 saturated heterocycles. The zero-order valence-electron chi connectivity index (χ0n) is 17.9. The van der Waals surface area contributed by atoms with E-state index in [0.29, 0.717) is 5.92 Å². The number of hydrogen-bond donors (Lipinski definition) is 2. The van der Waals surface area contributed by atoms with Crippen molar-refractivity contribution in [2.24, 2.45) is 16.6 Å². The number of aliphatic imine (C=N–C) groups is 1. The van der Waals surface area contributed by atoms with Crippen molar-refractivity contribution in [1.29, 1.82) is 0 Å². The van der Waals surface area contributed by atoms with E-state index in [1.165, 1.54) is 12.0 Å². The van der Waals surface area contributed by atoms with Crippen LogP contribution in [-0.4, -0.2) is 67.5 Å². The molecule has 1 aromatic rings. The molecule has 3 rings (SSSR count). The molecule has 2 fully saturated rings. The molecule has 160 valence electrons. The second-order valence-corrected chi connectivity index (χ2v) is 8.30. The summed E-state index contributed by atoms with van der Waals surface area (Å²) in [5, 5.41) is 3.47. The fraction of sp³-hybridized carbons (Fsp3) is 0.652. The van der Waals surface area contributed by atoms with E-state index in [0.717, 1.165) is 77.5 Å². The summed E-state index contributed by atoms with van der Waals surface area (Å²) in [4.78, 5) is 21.0. The van der Waals surface area contributed by atoms with E-state index in [9.17, 15) is 4.79 Å². The Balaban J connectivity index is 1.39. The Morgan fingerprint density at radius 2 is 1.90 bits per heavy atom. The van der Waals surface area contributed by atoms with Crippen LogP contribution >= 0.6 is 0 Å². The SMILES string of the molecule is CCNC(=NCCCCN1CCC(C(N)=O)CC1)N1CCC(c2ccccc2)C1. The van der Waals surface area contributed by atoms with Gasteiger partial charge in [0.1, 0.15) is 0 Å². The number of amides is 1. The zero-order chi connectivity index (χ0) is 20.5. The highest BCUT2D eigenvalue weighted by Crippen LogP contribution is 2.26. The van der Waals surface area contributed by atoms with E-state index in [-0.39, 0.29) is 11.8 Å². The molecule has 0 aliphatic carbocycles. The molecule has 6 heteroatoms. The number of carbonyl (C=O) groups excluding carboxylic acids is 1. The number of piperidine rings is 1. The second kappa shape index (κ2) is 11.2. The number of carbonyl (C=O) groups is 1. The third-order valence-electron chi connectivity index (χ3n) is 6.23. The molecule has 1 unspecified atom stereocenters. The number of nitrogens with one attached hydrogen (secondary N) is 1. The lowest BCUT2D eigenvalue weighted by atomic mass is 9.96. The summed E-state index contributed by atoms with van der Waals surface area (Å²) in [7, 11) is 0. The molecule has 6 nitrogen and oxygen atoms in total. The molecule has 1 aromatic carbocycles. The van der Waals surface area contributed by atoms with Crippen molar-refractivity contribution >= 4 is 11.9 Å². The standard InChI is InChI=1S/C23H37N5O/c1-2-25-23(28-17-12-21(18-28)19-8-4-3-5-9-19)26-13-6-7-14-27-15-10-20(11-16-27)22(24)29/h3-5,8-9,20-21H,2,6-7,10-18H2,1H3,(H2,24,29)(H,25,26). The van der Waals surface area contributed by atoms with Gasteiger partial charge < -0.3 is 20.9 Å². The molecule has 0 radical (unpaired) electrons. The number of primary amides is 1. The molecule has 0 saturated carbocycles. The van der Waals surface area contributed by atoms with Crippen molar-refractivity contribution in [3.63, 3.8) is 0 Å². The smallest absolute Gasteiger partial charge is 0.220 e. The normalized spacial score (nSPS) is 21.5. The quantitative estimate of drug-likeness (QED) is 0.400. The van der Waals surface area contributed by atoms with Gasteiger partial charge in [-0.15, -0.1) is 0 Å². The second-order valence-electron chi connectivity index (χ2n) is 8.30. The topological polar surface area (TPSA) is 74.0 Å². The van der Waals surface area contributed by atoms with Gasteiger partial charge in [-0.05, 0) is 64.2 Å². The lowest BCUT2D eigenvalue weighted by Crippen LogP contribution is -2.40. The van der Waals surface area contributed by atoms with Crippen LogP contribution < -0.4 is 11.1 Å². The Labute approximate surface area is 175 Å². The number of unbranched alkanes of at least 4 members (excludes halogenated alkanes) is 1. The minimum Gasteiger partial charge on any atom is -0.369 e. The van der Waals surface area contributed by atoms with E-state index in [1.807, 2.05) is 0 Å². The van der Waals surface area contributed by atoms with Crippen molar-refractivity contribution in [1.82, 2.24) is 15.1 Å². The zero-order valence-corrected chi connectivity index (χ0v) is 17.9. The van der Waals surface area contributed by atoms with Crippen LogP contribution in [0.4, 0.5) is 0 Å². The molecule has 2 heterocycles. The maximum absolute atomic E-state index is 11.3. The highest BCUT2D eigenvalue weighted by Gasteiger charge is 2.26. The molecule has 1 atom stereocenters. The third kappa shape index (κ3) is 6.46.